The quantitative estimate of drug-likeness (QED) is 0.819. The summed E-state index contributed by atoms with van der Waals surface area (Å²) in [6.45, 7) is 2.61. The highest BCUT2D eigenvalue weighted by Gasteiger charge is 2.20. The minimum atomic E-state index is -0.237. The topological polar surface area (TPSA) is 62.7 Å². The minimum absolute atomic E-state index is 0.216. The number of ether oxygens (including phenoxy) is 1. The molecular formula is C12H15N3O2. The number of amides is 1. The summed E-state index contributed by atoms with van der Waals surface area (Å²) in [6.07, 6.45) is 0. The lowest BCUT2D eigenvalue weighted by atomic mass is 10.3. The molecule has 2 rings (SSSR count). The molecule has 5 nitrogen and oxygen atoms in total. The number of methoxy groups -OCH3 is 1. The molecule has 1 amide bonds. The van der Waals surface area contributed by atoms with E-state index in [0.717, 1.165) is 0 Å². The second-order valence-corrected chi connectivity index (χ2v) is 3.89. The molecule has 0 fully saturated rings. The average Bonchev–Trinajstić information content (AvgIpc) is 2.77. The van der Waals surface area contributed by atoms with Crippen molar-refractivity contribution in [3.05, 3.63) is 24.3 Å². The Bertz CT molecular complexity index is 457. The van der Waals surface area contributed by atoms with Crippen LogP contribution < -0.4 is 15.4 Å². The summed E-state index contributed by atoms with van der Waals surface area (Å²) in [7, 11) is 1.57. The molecule has 17 heavy (non-hydrogen) atoms. The van der Waals surface area contributed by atoms with Gasteiger partial charge >= 0.3 is 0 Å². The van der Waals surface area contributed by atoms with Crippen LogP contribution in [0.2, 0.25) is 0 Å². The molecule has 1 unspecified atom stereocenters. The normalized spacial score (nSPS) is 18.2. The number of amidine groups is 1. The van der Waals surface area contributed by atoms with E-state index >= 15 is 0 Å². The van der Waals surface area contributed by atoms with E-state index in [9.17, 15) is 4.79 Å². The maximum atomic E-state index is 11.9. The number of nitrogens with zero attached hydrogens (tertiary/aromatic N) is 1. The smallest absolute Gasteiger partial charge is 0.290 e. The maximum absolute atomic E-state index is 11.9. The Balaban J connectivity index is 2.08. The van der Waals surface area contributed by atoms with Crippen LogP contribution in [0.15, 0.2) is 29.3 Å². The molecule has 1 aromatic rings. The first-order valence-corrected chi connectivity index (χ1v) is 5.46. The monoisotopic (exact) mass is 233 g/mol. The Morgan fingerprint density at radius 2 is 2.29 bits per heavy atom. The molecule has 0 radical (unpaired) electrons. The van der Waals surface area contributed by atoms with E-state index < -0.39 is 0 Å². The zero-order chi connectivity index (χ0) is 12.3. The fourth-order valence-corrected chi connectivity index (χ4v) is 1.62. The predicted molar refractivity (Wildman–Crippen MR) is 66.5 cm³/mol. The van der Waals surface area contributed by atoms with Crippen molar-refractivity contribution in [2.75, 3.05) is 19.0 Å². The summed E-state index contributed by atoms with van der Waals surface area (Å²) < 4.78 is 5.15. The van der Waals surface area contributed by atoms with Crippen molar-refractivity contribution in [3.8, 4) is 5.75 Å². The third-order valence-corrected chi connectivity index (χ3v) is 2.48. The fourth-order valence-electron chi connectivity index (χ4n) is 1.62. The van der Waals surface area contributed by atoms with Crippen LogP contribution in [0.25, 0.3) is 0 Å². The maximum Gasteiger partial charge on any atom is 0.290 e. The first kappa shape index (κ1) is 11.4. The van der Waals surface area contributed by atoms with Crippen LogP contribution in [-0.2, 0) is 4.79 Å². The average molecular weight is 233 g/mol. The van der Waals surface area contributed by atoms with Crippen LogP contribution in [0, 0.1) is 0 Å². The van der Waals surface area contributed by atoms with Gasteiger partial charge in [0.1, 0.15) is 5.75 Å². The van der Waals surface area contributed by atoms with Crippen molar-refractivity contribution >= 4 is 17.4 Å². The highest BCUT2D eigenvalue weighted by atomic mass is 16.5. The minimum Gasteiger partial charge on any atom is -0.495 e. The second kappa shape index (κ2) is 4.86. The molecule has 1 aliphatic rings. The third kappa shape index (κ3) is 2.55. The summed E-state index contributed by atoms with van der Waals surface area (Å²) >= 11 is 0. The van der Waals surface area contributed by atoms with Crippen LogP contribution in [0.1, 0.15) is 6.92 Å². The molecule has 0 saturated carbocycles. The van der Waals surface area contributed by atoms with Gasteiger partial charge in [-0.1, -0.05) is 12.1 Å². The molecule has 1 heterocycles. The second-order valence-electron chi connectivity index (χ2n) is 3.89. The first-order valence-electron chi connectivity index (χ1n) is 5.46. The van der Waals surface area contributed by atoms with Crippen LogP contribution >= 0.6 is 0 Å². The van der Waals surface area contributed by atoms with Crippen molar-refractivity contribution in [2.24, 2.45) is 4.99 Å². The van der Waals surface area contributed by atoms with E-state index in [4.69, 9.17) is 4.74 Å². The van der Waals surface area contributed by atoms with Crippen molar-refractivity contribution in [2.45, 2.75) is 13.0 Å². The largest absolute Gasteiger partial charge is 0.495 e. The van der Waals surface area contributed by atoms with E-state index in [0.29, 0.717) is 23.8 Å². The lowest BCUT2D eigenvalue weighted by Gasteiger charge is -2.10. The summed E-state index contributed by atoms with van der Waals surface area (Å²) in [5, 5.41) is 5.78. The van der Waals surface area contributed by atoms with Gasteiger partial charge in [0.2, 0.25) is 0 Å². The number of aliphatic imine (C=N–C) groups is 1. The van der Waals surface area contributed by atoms with Gasteiger partial charge in [-0.25, -0.2) is 0 Å². The van der Waals surface area contributed by atoms with E-state index in [-0.39, 0.29) is 11.9 Å². The highest BCUT2D eigenvalue weighted by Crippen LogP contribution is 2.22. The fraction of sp³-hybridized carbons (Fsp3) is 0.333. The molecular weight excluding hydrogens is 218 g/mol. The highest BCUT2D eigenvalue weighted by molar-refractivity contribution is 6.42. The molecule has 1 aliphatic heterocycles. The molecule has 0 spiro atoms. The van der Waals surface area contributed by atoms with Crippen LogP contribution in [0.3, 0.4) is 0 Å². The first-order chi connectivity index (χ1) is 8.20. The van der Waals surface area contributed by atoms with Gasteiger partial charge in [-0.15, -0.1) is 0 Å². The Labute approximate surface area is 99.9 Å². The summed E-state index contributed by atoms with van der Waals surface area (Å²) in [5.41, 5.74) is 0.643. The van der Waals surface area contributed by atoms with Gasteiger partial charge in [0.15, 0.2) is 5.84 Å². The summed E-state index contributed by atoms with van der Waals surface area (Å²) in [4.78, 5) is 16.0. The predicted octanol–water partition coefficient (Wildman–Crippen LogP) is 1.02. The summed E-state index contributed by atoms with van der Waals surface area (Å²) in [5.74, 6) is 0.773. The number of carbonyl (C=O) groups is 1. The number of rotatable bonds is 3. The number of benzene rings is 1. The molecule has 2 N–H and O–H groups in total. The van der Waals surface area contributed by atoms with Gasteiger partial charge < -0.3 is 15.4 Å². The van der Waals surface area contributed by atoms with Gasteiger partial charge in [-0.05, 0) is 19.1 Å². The number of hydrogen-bond acceptors (Lipinski definition) is 4. The van der Waals surface area contributed by atoms with Crippen LogP contribution in [0.4, 0.5) is 5.69 Å². The SMILES string of the molecule is COc1ccccc1NC(=O)C1=NCC(C)N1. The van der Waals surface area contributed by atoms with Gasteiger partial charge in [0.25, 0.3) is 5.91 Å². The lowest BCUT2D eigenvalue weighted by Crippen LogP contribution is -2.36. The van der Waals surface area contributed by atoms with Crippen molar-refractivity contribution in [1.82, 2.24) is 5.32 Å². The molecule has 0 aromatic heterocycles. The summed E-state index contributed by atoms with van der Waals surface area (Å²) in [6, 6.07) is 7.48. The van der Waals surface area contributed by atoms with Crippen molar-refractivity contribution in [3.63, 3.8) is 0 Å². The zero-order valence-electron chi connectivity index (χ0n) is 9.86. The molecule has 5 heteroatoms. The molecule has 0 bridgehead atoms. The molecule has 0 aliphatic carbocycles. The van der Waals surface area contributed by atoms with Crippen LogP contribution in [-0.4, -0.2) is 31.4 Å². The van der Waals surface area contributed by atoms with Gasteiger partial charge in [0.05, 0.1) is 19.3 Å². The lowest BCUT2D eigenvalue weighted by molar-refractivity contribution is -0.110. The van der Waals surface area contributed by atoms with E-state index in [1.165, 1.54) is 0 Å². The van der Waals surface area contributed by atoms with E-state index in [2.05, 4.69) is 15.6 Å². The molecule has 0 saturated heterocycles. The number of hydrogen-bond donors (Lipinski definition) is 2. The van der Waals surface area contributed by atoms with Crippen molar-refractivity contribution < 1.29 is 9.53 Å². The van der Waals surface area contributed by atoms with Gasteiger partial charge in [-0.2, -0.15) is 0 Å². The van der Waals surface area contributed by atoms with Gasteiger partial charge in [-0.3, -0.25) is 9.79 Å². The van der Waals surface area contributed by atoms with Crippen LogP contribution in [0.5, 0.6) is 5.75 Å². The number of nitrogens with one attached hydrogen (secondary N) is 2. The Morgan fingerprint density at radius 3 is 2.94 bits per heavy atom. The van der Waals surface area contributed by atoms with E-state index in [1.54, 1.807) is 19.2 Å². The zero-order valence-corrected chi connectivity index (χ0v) is 9.86. The van der Waals surface area contributed by atoms with E-state index in [1.807, 2.05) is 19.1 Å². The van der Waals surface area contributed by atoms with Crippen molar-refractivity contribution in [1.29, 1.82) is 0 Å². The number of carbonyl (C=O) groups excluding carboxylic acids is 1. The molecule has 90 valence electrons. The molecule has 1 aromatic carbocycles. The number of para-hydroxylation sites is 2. The number of anilines is 1. The Hall–Kier alpha value is -2.04. The Morgan fingerprint density at radius 1 is 1.53 bits per heavy atom. The Kier molecular flexibility index (Phi) is 3.27. The van der Waals surface area contributed by atoms with Gasteiger partial charge in [0, 0.05) is 6.04 Å². The molecule has 1 atom stereocenters. The standard InChI is InChI=1S/C12H15N3O2/c1-8-7-13-11(14-8)12(16)15-9-5-3-4-6-10(9)17-2/h3-6,8H,7H2,1-2H3,(H,13,14)(H,15,16). The third-order valence-electron chi connectivity index (χ3n) is 2.48.